The molecule has 1 heterocycles. The van der Waals surface area contributed by atoms with Crippen molar-refractivity contribution in [2.75, 3.05) is 13.2 Å². The molecule has 1 aromatic rings. The molecule has 0 bridgehead atoms. The van der Waals surface area contributed by atoms with Crippen LogP contribution in [0.2, 0.25) is 0 Å². The summed E-state index contributed by atoms with van der Waals surface area (Å²) in [6.45, 7) is 3.82. The van der Waals surface area contributed by atoms with E-state index in [0.29, 0.717) is 0 Å². The topological polar surface area (TPSA) is 65.7 Å². The second kappa shape index (κ2) is 5.19. The van der Waals surface area contributed by atoms with Gasteiger partial charge in [0.2, 0.25) is 5.76 Å². The summed E-state index contributed by atoms with van der Waals surface area (Å²) in [4.78, 5) is 22.7. The summed E-state index contributed by atoms with van der Waals surface area (Å²) in [5, 5.41) is 0. The highest BCUT2D eigenvalue weighted by Crippen LogP contribution is 2.13. The van der Waals surface area contributed by atoms with E-state index in [1.54, 1.807) is 13.8 Å². The number of ether oxygens (including phenoxy) is 2. The Labute approximate surface area is 87.0 Å². The molecule has 1 aromatic heterocycles. The second-order valence-electron chi connectivity index (χ2n) is 2.60. The maximum atomic E-state index is 11.3. The van der Waals surface area contributed by atoms with Crippen LogP contribution in [0.1, 0.15) is 34.8 Å². The fourth-order valence-electron chi connectivity index (χ4n) is 1.03. The molecule has 5 heteroatoms. The minimum Gasteiger partial charge on any atom is -0.462 e. The molecule has 0 atom stereocenters. The molecule has 0 aliphatic heterocycles. The molecule has 0 radical (unpaired) electrons. The third kappa shape index (κ3) is 2.59. The largest absolute Gasteiger partial charge is 0.462 e. The lowest BCUT2D eigenvalue weighted by atomic mass is 10.2. The third-order valence-electron chi connectivity index (χ3n) is 1.62. The predicted molar refractivity (Wildman–Crippen MR) is 50.6 cm³/mol. The predicted octanol–water partition coefficient (Wildman–Crippen LogP) is 1.63. The van der Waals surface area contributed by atoms with E-state index in [1.807, 2.05) is 0 Å². The van der Waals surface area contributed by atoms with Gasteiger partial charge in [-0.15, -0.1) is 0 Å². The Morgan fingerprint density at radius 3 is 2.40 bits per heavy atom. The molecule has 0 aliphatic carbocycles. The lowest BCUT2D eigenvalue weighted by Gasteiger charge is -2.01. The van der Waals surface area contributed by atoms with E-state index in [0.717, 1.165) is 0 Å². The molecule has 0 N–H and O–H groups in total. The minimum absolute atomic E-state index is 0.0929. The first-order valence-electron chi connectivity index (χ1n) is 4.62. The van der Waals surface area contributed by atoms with Crippen LogP contribution in [0, 0.1) is 0 Å². The maximum Gasteiger partial charge on any atom is 0.375 e. The maximum absolute atomic E-state index is 11.3. The summed E-state index contributed by atoms with van der Waals surface area (Å²) < 4.78 is 14.3. The number of carbonyl (C=O) groups is 2. The SMILES string of the molecule is CCOC(=O)c1ccoc1C(=O)OCC. The van der Waals surface area contributed by atoms with Crippen LogP contribution < -0.4 is 0 Å². The Kier molecular flexibility index (Phi) is 3.91. The molecule has 0 amide bonds. The lowest BCUT2D eigenvalue weighted by molar-refractivity contribution is 0.0452. The van der Waals surface area contributed by atoms with Gasteiger partial charge in [-0.25, -0.2) is 9.59 Å². The zero-order valence-corrected chi connectivity index (χ0v) is 8.61. The number of furan rings is 1. The van der Waals surface area contributed by atoms with E-state index >= 15 is 0 Å². The summed E-state index contributed by atoms with van der Waals surface area (Å²) in [6.07, 6.45) is 1.25. The van der Waals surface area contributed by atoms with Crippen molar-refractivity contribution in [1.82, 2.24) is 0 Å². The van der Waals surface area contributed by atoms with Gasteiger partial charge in [0.05, 0.1) is 19.5 Å². The molecule has 0 saturated heterocycles. The van der Waals surface area contributed by atoms with Crippen LogP contribution in [-0.2, 0) is 9.47 Å². The van der Waals surface area contributed by atoms with Gasteiger partial charge in [-0.3, -0.25) is 0 Å². The highest BCUT2D eigenvalue weighted by Gasteiger charge is 2.22. The number of hydrogen-bond acceptors (Lipinski definition) is 5. The van der Waals surface area contributed by atoms with Crippen molar-refractivity contribution in [1.29, 1.82) is 0 Å². The van der Waals surface area contributed by atoms with Gasteiger partial charge in [0.15, 0.2) is 0 Å². The smallest absolute Gasteiger partial charge is 0.375 e. The van der Waals surface area contributed by atoms with Crippen molar-refractivity contribution in [3.63, 3.8) is 0 Å². The summed E-state index contributed by atoms with van der Waals surface area (Å²) in [5.41, 5.74) is 0.0929. The van der Waals surface area contributed by atoms with Crippen LogP contribution in [-0.4, -0.2) is 25.2 Å². The summed E-state index contributed by atoms with van der Waals surface area (Å²) in [7, 11) is 0. The highest BCUT2D eigenvalue weighted by atomic mass is 16.5. The molecule has 82 valence electrons. The molecule has 15 heavy (non-hydrogen) atoms. The first kappa shape index (κ1) is 11.3. The summed E-state index contributed by atoms with van der Waals surface area (Å²) in [5.74, 6) is -1.37. The van der Waals surface area contributed by atoms with E-state index < -0.39 is 11.9 Å². The third-order valence-corrected chi connectivity index (χ3v) is 1.62. The molecule has 5 nitrogen and oxygen atoms in total. The first-order valence-corrected chi connectivity index (χ1v) is 4.62. The highest BCUT2D eigenvalue weighted by molar-refractivity contribution is 6.01. The lowest BCUT2D eigenvalue weighted by Crippen LogP contribution is -2.11. The van der Waals surface area contributed by atoms with Gasteiger partial charge in [-0.05, 0) is 19.9 Å². The number of carbonyl (C=O) groups excluding carboxylic acids is 2. The number of hydrogen-bond donors (Lipinski definition) is 0. The van der Waals surface area contributed by atoms with Crippen molar-refractivity contribution < 1.29 is 23.5 Å². The molecule has 0 saturated carbocycles. The standard InChI is InChI=1S/C10H12O5/c1-3-13-9(11)7-5-6-15-8(7)10(12)14-4-2/h5-6H,3-4H2,1-2H3. The van der Waals surface area contributed by atoms with Crippen molar-refractivity contribution in [2.45, 2.75) is 13.8 Å². The Balaban J connectivity index is 2.86. The van der Waals surface area contributed by atoms with Crippen molar-refractivity contribution in [2.24, 2.45) is 0 Å². The molecule has 0 spiro atoms. The van der Waals surface area contributed by atoms with E-state index in [-0.39, 0.29) is 24.5 Å². The Hall–Kier alpha value is -1.78. The Morgan fingerprint density at radius 2 is 1.80 bits per heavy atom. The monoisotopic (exact) mass is 212 g/mol. The molecular formula is C10H12O5. The zero-order valence-electron chi connectivity index (χ0n) is 8.61. The molecule has 1 rings (SSSR count). The fraction of sp³-hybridized carbons (Fsp3) is 0.400. The van der Waals surface area contributed by atoms with Crippen LogP contribution in [0.25, 0.3) is 0 Å². The average molecular weight is 212 g/mol. The van der Waals surface area contributed by atoms with Gasteiger partial charge in [-0.1, -0.05) is 0 Å². The van der Waals surface area contributed by atoms with Crippen molar-refractivity contribution in [3.05, 3.63) is 23.7 Å². The van der Waals surface area contributed by atoms with E-state index in [1.165, 1.54) is 12.3 Å². The van der Waals surface area contributed by atoms with Crippen molar-refractivity contribution >= 4 is 11.9 Å². The molecule has 0 aromatic carbocycles. The molecule has 0 aliphatic rings. The fourth-order valence-corrected chi connectivity index (χ4v) is 1.03. The average Bonchev–Trinajstić information content (AvgIpc) is 2.66. The van der Waals surface area contributed by atoms with E-state index in [4.69, 9.17) is 13.9 Å². The van der Waals surface area contributed by atoms with Gasteiger partial charge in [0, 0.05) is 0 Å². The molecule has 0 unspecified atom stereocenters. The van der Waals surface area contributed by atoms with E-state index in [2.05, 4.69) is 0 Å². The van der Waals surface area contributed by atoms with Gasteiger partial charge in [-0.2, -0.15) is 0 Å². The van der Waals surface area contributed by atoms with Crippen LogP contribution in [0.4, 0.5) is 0 Å². The number of rotatable bonds is 4. The van der Waals surface area contributed by atoms with Gasteiger partial charge < -0.3 is 13.9 Å². The number of esters is 2. The Bertz CT molecular complexity index is 320. The first-order chi connectivity index (χ1) is 7.20. The second-order valence-corrected chi connectivity index (χ2v) is 2.60. The summed E-state index contributed by atoms with van der Waals surface area (Å²) in [6, 6.07) is 1.38. The van der Waals surface area contributed by atoms with Crippen LogP contribution in [0.5, 0.6) is 0 Å². The van der Waals surface area contributed by atoms with Gasteiger partial charge in [0.1, 0.15) is 5.56 Å². The minimum atomic E-state index is -0.662. The normalized spacial score (nSPS) is 9.73. The van der Waals surface area contributed by atoms with Crippen LogP contribution in [0.15, 0.2) is 16.7 Å². The summed E-state index contributed by atoms with van der Waals surface area (Å²) >= 11 is 0. The van der Waals surface area contributed by atoms with Crippen LogP contribution >= 0.6 is 0 Å². The molecular weight excluding hydrogens is 200 g/mol. The Morgan fingerprint density at radius 1 is 1.20 bits per heavy atom. The zero-order chi connectivity index (χ0) is 11.3. The van der Waals surface area contributed by atoms with Crippen LogP contribution in [0.3, 0.4) is 0 Å². The quantitative estimate of drug-likeness (QED) is 0.709. The molecule has 0 fully saturated rings. The van der Waals surface area contributed by atoms with Crippen molar-refractivity contribution in [3.8, 4) is 0 Å². The van der Waals surface area contributed by atoms with Gasteiger partial charge >= 0.3 is 11.9 Å². The van der Waals surface area contributed by atoms with Gasteiger partial charge in [0.25, 0.3) is 0 Å². The van der Waals surface area contributed by atoms with E-state index in [9.17, 15) is 9.59 Å².